The van der Waals surface area contributed by atoms with E-state index in [4.69, 9.17) is 5.73 Å². The second-order valence-electron chi connectivity index (χ2n) is 5.89. The van der Waals surface area contributed by atoms with E-state index in [0.29, 0.717) is 19.1 Å². The molecule has 116 valence electrons. The average Bonchev–Trinajstić information content (AvgIpc) is 2.65. The fourth-order valence-corrected chi connectivity index (χ4v) is 4.82. The van der Waals surface area contributed by atoms with Gasteiger partial charge in [0.1, 0.15) is 5.82 Å². The van der Waals surface area contributed by atoms with E-state index < -0.39 is 15.8 Å². The van der Waals surface area contributed by atoms with Crippen LogP contribution in [0.25, 0.3) is 0 Å². The zero-order valence-electron chi connectivity index (χ0n) is 12.0. The summed E-state index contributed by atoms with van der Waals surface area (Å²) in [6, 6.07) is 4.40. The van der Waals surface area contributed by atoms with Gasteiger partial charge in [-0.05, 0) is 44.5 Å². The summed E-state index contributed by atoms with van der Waals surface area (Å²) in [4.78, 5) is 2.26. The molecule has 2 fully saturated rings. The van der Waals surface area contributed by atoms with Crippen molar-refractivity contribution in [2.45, 2.75) is 36.2 Å². The van der Waals surface area contributed by atoms with Crippen LogP contribution >= 0.6 is 0 Å². The fraction of sp³-hybridized carbons (Fsp3) is 0.571. The van der Waals surface area contributed by atoms with Gasteiger partial charge in [-0.3, -0.25) is 4.90 Å². The lowest BCUT2D eigenvalue weighted by molar-refractivity contribution is 0.246. The minimum Gasteiger partial charge on any atom is -0.396 e. The molecule has 2 bridgehead atoms. The highest BCUT2D eigenvalue weighted by Crippen LogP contribution is 2.31. The molecule has 2 atom stereocenters. The Bertz CT molecular complexity index is 650. The van der Waals surface area contributed by atoms with Crippen molar-refractivity contribution >= 4 is 15.7 Å². The van der Waals surface area contributed by atoms with E-state index in [1.54, 1.807) is 0 Å². The number of halogens is 1. The van der Waals surface area contributed by atoms with E-state index in [1.165, 1.54) is 16.4 Å². The highest BCUT2D eigenvalue weighted by Gasteiger charge is 2.38. The van der Waals surface area contributed by atoms with Crippen LogP contribution in [0.3, 0.4) is 0 Å². The van der Waals surface area contributed by atoms with Gasteiger partial charge in [0.2, 0.25) is 10.0 Å². The molecule has 0 radical (unpaired) electrons. The van der Waals surface area contributed by atoms with Crippen LogP contribution in [0.5, 0.6) is 0 Å². The molecule has 1 aromatic rings. The molecular formula is C14H20FN3O2S. The zero-order chi connectivity index (χ0) is 15.2. The Kier molecular flexibility index (Phi) is 3.67. The number of likely N-dealkylation sites (N-methyl/N-ethyl adjacent to an activating group) is 1. The van der Waals surface area contributed by atoms with Crippen LogP contribution in [-0.4, -0.2) is 49.8 Å². The number of rotatable bonds is 2. The first kappa shape index (κ1) is 14.7. The standard InChI is InChI=1S/C14H20FN3O2S/c1-17-10-2-3-11(17)9-18(7-6-10)21(19,20)12-4-5-14(16)13(15)8-12/h4-5,8,10-11H,2-3,6-7,9,16H2,1H3. The van der Waals surface area contributed by atoms with Gasteiger partial charge in [-0.2, -0.15) is 4.31 Å². The topological polar surface area (TPSA) is 66.6 Å². The molecule has 0 aliphatic carbocycles. The Morgan fingerprint density at radius 2 is 1.95 bits per heavy atom. The van der Waals surface area contributed by atoms with Crippen molar-refractivity contribution in [2.75, 3.05) is 25.9 Å². The maximum Gasteiger partial charge on any atom is 0.243 e. The van der Waals surface area contributed by atoms with Crippen molar-refractivity contribution in [3.63, 3.8) is 0 Å². The normalized spacial score (nSPS) is 27.7. The van der Waals surface area contributed by atoms with Crippen molar-refractivity contribution in [3.05, 3.63) is 24.0 Å². The molecule has 2 aliphatic heterocycles. The summed E-state index contributed by atoms with van der Waals surface area (Å²) in [5.74, 6) is -0.690. The van der Waals surface area contributed by atoms with Crippen LogP contribution in [-0.2, 0) is 10.0 Å². The quantitative estimate of drug-likeness (QED) is 0.835. The number of fused-ring (bicyclic) bond motifs is 2. The Hall–Kier alpha value is -1.18. The molecule has 5 nitrogen and oxygen atoms in total. The molecule has 2 saturated heterocycles. The zero-order valence-corrected chi connectivity index (χ0v) is 12.8. The second-order valence-corrected chi connectivity index (χ2v) is 7.82. The van der Waals surface area contributed by atoms with Gasteiger partial charge < -0.3 is 5.73 Å². The number of anilines is 1. The predicted octanol–water partition coefficient (Wildman–Crippen LogP) is 1.27. The lowest BCUT2D eigenvalue weighted by atomic mass is 10.1. The maximum absolute atomic E-state index is 13.6. The molecule has 1 aromatic carbocycles. The first-order valence-corrected chi connectivity index (χ1v) is 8.60. The van der Waals surface area contributed by atoms with Crippen LogP contribution in [0.1, 0.15) is 19.3 Å². The van der Waals surface area contributed by atoms with Crippen LogP contribution in [0.2, 0.25) is 0 Å². The number of nitrogens with zero attached hydrogens (tertiary/aromatic N) is 2. The fourth-order valence-electron chi connectivity index (χ4n) is 3.31. The summed E-state index contributed by atoms with van der Waals surface area (Å²) in [6.45, 7) is 0.959. The van der Waals surface area contributed by atoms with Gasteiger partial charge in [0, 0.05) is 25.2 Å². The maximum atomic E-state index is 13.6. The molecule has 2 heterocycles. The number of nitrogens with two attached hydrogens (primary N) is 1. The smallest absolute Gasteiger partial charge is 0.243 e. The first-order valence-electron chi connectivity index (χ1n) is 7.16. The SMILES string of the molecule is CN1C2CCC1CN(S(=O)(=O)c1ccc(N)c(F)c1)CC2. The van der Waals surface area contributed by atoms with E-state index in [1.807, 2.05) is 0 Å². The van der Waals surface area contributed by atoms with Crippen molar-refractivity contribution in [1.82, 2.24) is 9.21 Å². The van der Waals surface area contributed by atoms with Gasteiger partial charge in [-0.15, -0.1) is 0 Å². The summed E-state index contributed by atoms with van der Waals surface area (Å²) in [6.07, 6.45) is 2.97. The summed E-state index contributed by atoms with van der Waals surface area (Å²) >= 11 is 0. The Morgan fingerprint density at radius 3 is 2.67 bits per heavy atom. The van der Waals surface area contributed by atoms with Gasteiger partial charge in [-0.25, -0.2) is 12.8 Å². The third-order valence-corrected chi connectivity index (χ3v) is 6.58. The molecule has 0 amide bonds. The van der Waals surface area contributed by atoms with Crippen LogP contribution < -0.4 is 5.73 Å². The Labute approximate surface area is 124 Å². The van der Waals surface area contributed by atoms with E-state index in [-0.39, 0.29) is 16.6 Å². The van der Waals surface area contributed by atoms with Gasteiger partial charge in [-0.1, -0.05) is 0 Å². The number of hydrogen-bond donors (Lipinski definition) is 1. The summed E-state index contributed by atoms with van der Waals surface area (Å²) in [5.41, 5.74) is 5.37. The van der Waals surface area contributed by atoms with E-state index in [0.717, 1.165) is 25.3 Å². The van der Waals surface area contributed by atoms with Gasteiger partial charge in [0.15, 0.2) is 0 Å². The van der Waals surface area contributed by atoms with Crippen LogP contribution in [0.15, 0.2) is 23.1 Å². The lowest BCUT2D eigenvalue weighted by Crippen LogP contribution is -2.39. The third kappa shape index (κ3) is 2.54. The number of nitrogen functional groups attached to an aromatic ring is 1. The van der Waals surface area contributed by atoms with Crippen LogP contribution in [0, 0.1) is 5.82 Å². The molecule has 21 heavy (non-hydrogen) atoms. The molecule has 2 unspecified atom stereocenters. The molecule has 0 spiro atoms. The number of benzene rings is 1. The number of sulfonamides is 1. The van der Waals surface area contributed by atoms with E-state index in [2.05, 4.69) is 11.9 Å². The first-order chi connectivity index (χ1) is 9.89. The van der Waals surface area contributed by atoms with Gasteiger partial charge >= 0.3 is 0 Å². The summed E-state index contributed by atoms with van der Waals surface area (Å²) < 4.78 is 40.4. The third-order valence-electron chi connectivity index (χ3n) is 4.72. The second kappa shape index (κ2) is 5.23. The van der Waals surface area contributed by atoms with Gasteiger partial charge in [0.05, 0.1) is 10.6 Å². The Balaban J connectivity index is 1.89. The van der Waals surface area contributed by atoms with E-state index >= 15 is 0 Å². The number of hydrogen-bond acceptors (Lipinski definition) is 4. The minimum absolute atomic E-state index is 0.0189. The molecule has 0 saturated carbocycles. The monoisotopic (exact) mass is 313 g/mol. The average molecular weight is 313 g/mol. The van der Waals surface area contributed by atoms with Crippen molar-refractivity contribution in [3.8, 4) is 0 Å². The highest BCUT2D eigenvalue weighted by molar-refractivity contribution is 7.89. The van der Waals surface area contributed by atoms with E-state index in [9.17, 15) is 12.8 Å². The summed E-state index contributed by atoms with van der Waals surface area (Å²) in [7, 11) is -1.60. The van der Waals surface area contributed by atoms with Crippen molar-refractivity contribution < 1.29 is 12.8 Å². The Morgan fingerprint density at radius 1 is 1.24 bits per heavy atom. The van der Waals surface area contributed by atoms with Crippen LogP contribution in [0.4, 0.5) is 10.1 Å². The van der Waals surface area contributed by atoms with Crippen molar-refractivity contribution in [2.24, 2.45) is 0 Å². The molecular weight excluding hydrogens is 293 g/mol. The minimum atomic E-state index is -3.66. The predicted molar refractivity (Wildman–Crippen MR) is 78.8 cm³/mol. The highest BCUT2D eigenvalue weighted by atomic mass is 32.2. The molecule has 0 aromatic heterocycles. The summed E-state index contributed by atoms with van der Waals surface area (Å²) in [5, 5.41) is 0. The largest absolute Gasteiger partial charge is 0.396 e. The molecule has 7 heteroatoms. The van der Waals surface area contributed by atoms with Gasteiger partial charge in [0.25, 0.3) is 0 Å². The molecule has 2 aliphatic rings. The molecule has 2 N–H and O–H groups in total. The lowest BCUT2D eigenvalue weighted by Gasteiger charge is -2.25. The molecule has 3 rings (SSSR count). The van der Waals surface area contributed by atoms with Crippen molar-refractivity contribution in [1.29, 1.82) is 0 Å².